The molecule has 0 aromatic heterocycles. The summed E-state index contributed by atoms with van der Waals surface area (Å²) in [5.41, 5.74) is 2.10. The highest BCUT2D eigenvalue weighted by atomic mass is 16.2. The van der Waals surface area contributed by atoms with Gasteiger partial charge in [0.1, 0.15) is 5.70 Å². The molecule has 0 N–H and O–H groups in total. The zero-order chi connectivity index (χ0) is 19.5. The Morgan fingerprint density at radius 3 is 2.04 bits per heavy atom. The molecule has 2 amide bonds. The molecule has 0 atom stereocenters. The van der Waals surface area contributed by atoms with Gasteiger partial charge in [0.25, 0.3) is 11.8 Å². The fourth-order valence-corrected chi connectivity index (χ4v) is 4.75. The molecule has 2 fully saturated rings. The first-order valence-corrected chi connectivity index (χ1v) is 10.8. The topological polar surface area (TPSA) is 43.9 Å². The van der Waals surface area contributed by atoms with Crippen LogP contribution in [0.1, 0.15) is 50.5 Å². The van der Waals surface area contributed by atoms with Gasteiger partial charge in [0.05, 0.1) is 5.57 Å². The second-order valence-corrected chi connectivity index (χ2v) is 8.36. The Morgan fingerprint density at radius 2 is 1.39 bits per heavy atom. The van der Waals surface area contributed by atoms with Crippen LogP contribution < -0.4 is 0 Å². The lowest BCUT2D eigenvalue weighted by Crippen LogP contribution is -2.47. The third kappa shape index (κ3) is 3.72. The molecule has 3 aliphatic rings. The summed E-state index contributed by atoms with van der Waals surface area (Å²) in [5.74, 6) is -0.158. The summed E-state index contributed by atoms with van der Waals surface area (Å²) in [4.78, 5) is 33.1. The third-order valence-corrected chi connectivity index (χ3v) is 6.41. The van der Waals surface area contributed by atoms with E-state index in [0.29, 0.717) is 11.3 Å². The van der Waals surface area contributed by atoms with Crippen LogP contribution in [0.25, 0.3) is 5.57 Å². The van der Waals surface area contributed by atoms with Gasteiger partial charge in [-0.25, -0.2) is 0 Å². The zero-order valence-corrected chi connectivity index (χ0v) is 16.9. The van der Waals surface area contributed by atoms with Crippen LogP contribution >= 0.6 is 0 Å². The van der Waals surface area contributed by atoms with Gasteiger partial charge in [-0.2, -0.15) is 0 Å². The molecule has 1 saturated heterocycles. The molecule has 0 bridgehead atoms. The van der Waals surface area contributed by atoms with E-state index in [-0.39, 0.29) is 17.9 Å². The van der Waals surface area contributed by atoms with Gasteiger partial charge in [-0.1, -0.05) is 62.4 Å². The summed E-state index contributed by atoms with van der Waals surface area (Å²) in [5, 5.41) is 0. The molecule has 28 heavy (non-hydrogen) atoms. The summed E-state index contributed by atoms with van der Waals surface area (Å²) in [6, 6.07) is 9.80. The van der Waals surface area contributed by atoms with E-state index in [1.165, 1.54) is 19.3 Å². The number of carbonyl (C=O) groups is 2. The Balaban J connectivity index is 1.69. The van der Waals surface area contributed by atoms with Gasteiger partial charge < -0.3 is 9.80 Å². The molecule has 5 heteroatoms. The zero-order valence-electron chi connectivity index (χ0n) is 16.9. The fraction of sp³-hybridized carbons (Fsp3) is 0.565. The molecular weight excluding hydrogens is 350 g/mol. The van der Waals surface area contributed by atoms with Crippen LogP contribution in [-0.4, -0.2) is 65.8 Å². The molecule has 0 radical (unpaired) electrons. The minimum Gasteiger partial charge on any atom is -0.364 e. The Kier molecular flexibility index (Phi) is 5.81. The summed E-state index contributed by atoms with van der Waals surface area (Å²) < 4.78 is 0. The van der Waals surface area contributed by atoms with Crippen molar-refractivity contribution in [2.75, 3.05) is 33.2 Å². The Hall–Kier alpha value is -2.14. The highest BCUT2D eigenvalue weighted by Crippen LogP contribution is 2.35. The van der Waals surface area contributed by atoms with E-state index in [0.717, 1.165) is 57.4 Å². The van der Waals surface area contributed by atoms with Crippen molar-refractivity contribution < 1.29 is 9.59 Å². The van der Waals surface area contributed by atoms with Crippen molar-refractivity contribution in [1.82, 2.24) is 14.7 Å². The Labute approximate surface area is 168 Å². The molecule has 5 nitrogen and oxygen atoms in total. The molecule has 0 unspecified atom stereocenters. The van der Waals surface area contributed by atoms with Gasteiger partial charge in [0.2, 0.25) is 0 Å². The first-order valence-electron chi connectivity index (χ1n) is 10.8. The molecule has 2 aliphatic heterocycles. The molecule has 150 valence electrons. The average molecular weight is 382 g/mol. The van der Waals surface area contributed by atoms with E-state index in [1.54, 1.807) is 4.90 Å². The van der Waals surface area contributed by atoms with E-state index < -0.39 is 0 Å². The van der Waals surface area contributed by atoms with Crippen LogP contribution in [0.3, 0.4) is 0 Å². The summed E-state index contributed by atoms with van der Waals surface area (Å²) in [7, 11) is 2.10. The molecule has 0 spiro atoms. The highest BCUT2D eigenvalue weighted by molar-refractivity contribution is 6.35. The molecule has 2 heterocycles. The number of likely N-dealkylation sites (N-methyl/N-ethyl adjacent to an activating group) is 1. The van der Waals surface area contributed by atoms with Crippen LogP contribution in [0.5, 0.6) is 0 Å². The minimum atomic E-state index is -0.0873. The van der Waals surface area contributed by atoms with Gasteiger partial charge >= 0.3 is 0 Å². The molecule has 1 aliphatic carbocycles. The second kappa shape index (κ2) is 8.48. The molecule has 1 aromatic carbocycles. The smallest absolute Gasteiger partial charge is 0.278 e. The van der Waals surface area contributed by atoms with Crippen molar-refractivity contribution in [1.29, 1.82) is 0 Å². The number of rotatable bonds is 3. The van der Waals surface area contributed by atoms with Crippen LogP contribution in [0.15, 0.2) is 36.0 Å². The van der Waals surface area contributed by atoms with E-state index in [2.05, 4.69) is 16.8 Å². The number of hydrogen-bond acceptors (Lipinski definition) is 4. The van der Waals surface area contributed by atoms with Crippen LogP contribution in [0.4, 0.5) is 0 Å². The van der Waals surface area contributed by atoms with E-state index >= 15 is 0 Å². The Morgan fingerprint density at radius 1 is 0.786 bits per heavy atom. The predicted molar refractivity (Wildman–Crippen MR) is 110 cm³/mol. The standard InChI is InChI=1S/C23H31N3O2/c1-24-14-16-25(17-15-24)21-20(18-10-6-5-7-11-18)22(27)26(23(21)28)19-12-8-3-2-4-9-13-19/h5-7,10-11,19H,2-4,8-9,12-17H2,1H3. The van der Waals surface area contributed by atoms with Gasteiger partial charge in [0.15, 0.2) is 0 Å². The van der Waals surface area contributed by atoms with Gasteiger partial charge in [-0.05, 0) is 25.5 Å². The quantitative estimate of drug-likeness (QED) is 0.755. The van der Waals surface area contributed by atoms with Crippen molar-refractivity contribution in [3.8, 4) is 0 Å². The van der Waals surface area contributed by atoms with Crippen LogP contribution in [0, 0.1) is 0 Å². The van der Waals surface area contributed by atoms with Crippen LogP contribution in [-0.2, 0) is 9.59 Å². The Bertz CT molecular complexity index is 742. The number of amides is 2. The van der Waals surface area contributed by atoms with Gasteiger partial charge in [0, 0.05) is 32.2 Å². The lowest BCUT2D eigenvalue weighted by atomic mass is 9.95. The fourth-order valence-electron chi connectivity index (χ4n) is 4.75. The SMILES string of the molecule is CN1CCN(C2=C(c3ccccc3)C(=O)N(C3CCCCCCC3)C2=O)CC1. The number of benzene rings is 1. The van der Waals surface area contributed by atoms with E-state index in [9.17, 15) is 9.59 Å². The average Bonchev–Trinajstić information content (AvgIpc) is 2.94. The molecule has 4 rings (SSSR count). The van der Waals surface area contributed by atoms with Crippen molar-refractivity contribution in [2.45, 2.75) is 51.0 Å². The summed E-state index contributed by atoms with van der Waals surface area (Å²) in [6.45, 7) is 3.41. The minimum absolute atomic E-state index is 0.0453. The van der Waals surface area contributed by atoms with E-state index in [4.69, 9.17) is 0 Å². The maximum absolute atomic E-state index is 13.6. The normalized spacial score (nSPS) is 23.3. The largest absolute Gasteiger partial charge is 0.364 e. The van der Waals surface area contributed by atoms with E-state index in [1.807, 2.05) is 30.3 Å². The maximum Gasteiger partial charge on any atom is 0.278 e. The highest BCUT2D eigenvalue weighted by Gasteiger charge is 2.44. The molecular formula is C23H31N3O2. The number of hydrogen-bond donors (Lipinski definition) is 0. The van der Waals surface area contributed by atoms with Crippen molar-refractivity contribution in [2.24, 2.45) is 0 Å². The lowest BCUT2D eigenvalue weighted by Gasteiger charge is -2.35. The number of imide groups is 1. The van der Waals surface area contributed by atoms with Crippen molar-refractivity contribution >= 4 is 17.4 Å². The molecule has 1 aromatic rings. The van der Waals surface area contributed by atoms with Crippen molar-refractivity contribution in [3.05, 3.63) is 41.6 Å². The lowest BCUT2D eigenvalue weighted by molar-refractivity contribution is -0.140. The first-order chi connectivity index (χ1) is 13.7. The summed E-state index contributed by atoms with van der Waals surface area (Å²) in [6.07, 6.45) is 7.77. The first kappa shape index (κ1) is 19.2. The van der Waals surface area contributed by atoms with Gasteiger partial charge in [-0.3, -0.25) is 14.5 Å². The third-order valence-electron chi connectivity index (χ3n) is 6.41. The number of piperazine rings is 1. The summed E-state index contributed by atoms with van der Waals surface area (Å²) >= 11 is 0. The molecule has 1 saturated carbocycles. The maximum atomic E-state index is 13.6. The van der Waals surface area contributed by atoms with Gasteiger partial charge in [-0.15, -0.1) is 0 Å². The predicted octanol–water partition coefficient (Wildman–Crippen LogP) is 3.13. The van der Waals surface area contributed by atoms with Crippen molar-refractivity contribution in [3.63, 3.8) is 0 Å². The second-order valence-electron chi connectivity index (χ2n) is 8.36. The number of nitrogens with zero attached hydrogens (tertiary/aromatic N) is 3. The number of carbonyl (C=O) groups excluding carboxylic acids is 2. The monoisotopic (exact) mass is 381 g/mol. The van der Waals surface area contributed by atoms with Crippen LogP contribution in [0.2, 0.25) is 0 Å².